The molecule has 0 saturated carbocycles. The van der Waals surface area contributed by atoms with Gasteiger partial charge in [-0.15, -0.1) is 0 Å². The van der Waals surface area contributed by atoms with Crippen molar-refractivity contribution < 1.29 is 14.2 Å². The summed E-state index contributed by atoms with van der Waals surface area (Å²) >= 11 is 2.35. The lowest BCUT2D eigenvalue weighted by Gasteiger charge is -2.36. The van der Waals surface area contributed by atoms with Crippen LogP contribution in [0.25, 0.3) is 0 Å². The summed E-state index contributed by atoms with van der Waals surface area (Å²) in [6, 6.07) is 17.7. The van der Waals surface area contributed by atoms with Crippen LogP contribution in [0.4, 0.5) is 0 Å². The van der Waals surface area contributed by atoms with E-state index >= 15 is 0 Å². The average Bonchev–Trinajstić information content (AvgIpc) is 2.55. The first-order chi connectivity index (χ1) is 11.1. The fourth-order valence-electron chi connectivity index (χ4n) is 2.50. The number of alkyl halides is 1. The molecule has 1 unspecified atom stereocenters. The number of hydrogen-bond donors (Lipinski definition) is 0. The fourth-order valence-corrected chi connectivity index (χ4v) is 3.22. The summed E-state index contributed by atoms with van der Waals surface area (Å²) in [6.45, 7) is 7.22. The van der Waals surface area contributed by atoms with E-state index in [1.54, 1.807) is 0 Å². The molecule has 0 heterocycles. The Labute approximate surface area is 152 Å². The fraction of sp³-hybridized carbons (Fsp3) is 0.368. The molecule has 0 fully saturated rings. The van der Waals surface area contributed by atoms with Gasteiger partial charge in [0.2, 0.25) is 5.79 Å². The molecule has 0 spiro atoms. The molecule has 124 valence electrons. The van der Waals surface area contributed by atoms with Gasteiger partial charge in [0.1, 0.15) is 11.5 Å². The first-order valence-electron chi connectivity index (χ1n) is 7.87. The monoisotopic (exact) mass is 426 g/mol. The topological polar surface area (TPSA) is 27.7 Å². The summed E-state index contributed by atoms with van der Waals surface area (Å²) in [6.07, 6.45) is 0. The highest BCUT2D eigenvalue weighted by molar-refractivity contribution is 14.1. The lowest BCUT2D eigenvalue weighted by atomic mass is 10.0. The predicted molar refractivity (Wildman–Crippen MR) is 101 cm³/mol. The van der Waals surface area contributed by atoms with E-state index in [4.69, 9.17) is 14.2 Å². The van der Waals surface area contributed by atoms with E-state index in [-0.39, 0.29) is 3.92 Å². The number of benzene rings is 2. The molecule has 0 bridgehead atoms. The van der Waals surface area contributed by atoms with E-state index in [1.807, 2.05) is 68.4 Å². The highest BCUT2D eigenvalue weighted by Gasteiger charge is 2.39. The van der Waals surface area contributed by atoms with Crippen LogP contribution in [0.5, 0.6) is 11.5 Å². The summed E-state index contributed by atoms with van der Waals surface area (Å²) < 4.78 is 18.2. The van der Waals surface area contributed by atoms with Gasteiger partial charge in [-0.25, -0.2) is 0 Å². The third kappa shape index (κ3) is 4.46. The Kier molecular flexibility index (Phi) is 6.87. The Balaban J connectivity index is 2.35. The zero-order chi connectivity index (χ0) is 16.7. The number of rotatable bonds is 8. The summed E-state index contributed by atoms with van der Waals surface area (Å²) in [5, 5.41) is 0. The van der Waals surface area contributed by atoms with Crippen molar-refractivity contribution >= 4 is 22.6 Å². The van der Waals surface area contributed by atoms with E-state index < -0.39 is 5.79 Å². The molecule has 23 heavy (non-hydrogen) atoms. The minimum absolute atomic E-state index is 0.145. The molecule has 2 aromatic carbocycles. The van der Waals surface area contributed by atoms with Crippen LogP contribution in [0, 0.1) is 0 Å². The number of para-hydroxylation sites is 1. The third-order valence-corrected chi connectivity index (χ3v) is 4.28. The van der Waals surface area contributed by atoms with E-state index in [9.17, 15) is 0 Å². The smallest absolute Gasteiger partial charge is 0.206 e. The van der Waals surface area contributed by atoms with E-state index in [0.29, 0.717) is 13.2 Å². The number of ether oxygens (including phenoxy) is 3. The van der Waals surface area contributed by atoms with Crippen LogP contribution in [0.15, 0.2) is 54.6 Å². The maximum absolute atomic E-state index is 6.04. The van der Waals surface area contributed by atoms with Gasteiger partial charge in [-0.05, 0) is 45.0 Å². The lowest BCUT2D eigenvalue weighted by Crippen LogP contribution is -2.40. The van der Waals surface area contributed by atoms with Crippen molar-refractivity contribution in [2.24, 2.45) is 0 Å². The SMILES string of the molecule is CCOC(OCC)(c1cccc(Oc2ccccc2)c1)C(C)I. The molecule has 4 heteroatoms. The average molecular weight is 426 g/mol. The van der Waals surface area contributed by atoms with Crippen LogP contribution in [0.2, 0.25) is 0 Å². The van der Waals surface area contributed by atoms with Crippen LogP contribution >= 0.6 is 22.6 Å². The highest BCUT2D eigenvalue weighted by Crippen LogP contribution is 2.37. The maximum Gasteiger partial charge on any atom is 0.206 e. The zero-order valence-electron chi connectivity index (χ0n) is 13.8. The van der Waals surface area contributed by atoms with E-state index in [2.05, 4.69) is 29.5 Å². The molecule has 0 aliphatic carbocycles. The minimum atomic E-state index is -0.764. The maximum atomic E-state index is 6.04. The standard InChI is InChI=1S/C19H23IO3/c1-4-21-19(15(3)20,22-5-2)16-10-9-13-18(14-16)23-17-11-7-6-8-12-17/h6-15H,4-5H2,1-3H3. The first-order valence-corrected chi connectivity index (χ1v) is 9.12. The molecule has 3 nitrogen and oxygen atoms in total. The summed E-state index contributed by atoms with van der Waals surface area (Å²) in [5.74, 6) is 0.820. The van der Waals surface area contributed by atoms with Gasteiger partial charge in [0.05, 0.1) is 3.92 Å². The Morgan fingerprint density at radius 1 is 0.913 bits per heavy atom. The first kappa shape index (κ1) is 18.2. The molecule has 0 aliphatic heterocycles. The Morgan fingerprint density at radius 2 is 1.52 bits per heavy atom. The second kappa shape index (κ2) is 8.66. The Hall–Kier alpha value is -1.11. The minimum Gasteiger partial charge on any atom is -0.457 e. The predicted octanol–water partition coefficient (Wildman–Crippen LogP) is 5.53. The normalized spacial score (nSPS) is 12.9. The Bertz CT molecular complexity index is 593. The van der Waals surface area contributed by atoms with Gasteiger partial charge in [0.15, 0.2) is 0 Å². The second-order valence-corrected chi connectivity index (χ2v) is 6.96. The van der Waals surface area contributed by atoms with Crippen molar-refractivity contribution in [1.29, 1.82) is 0 Å². The molecular formula is C19H23IO3. The zero-order valence-corrected chi connectivity index (χ0v) is 15.9. The van der Waals surface area contributed by atoms with Gasteiger partial charge >= 0.3 is 0 Å². The molecule has 0 N–H and O–H groups in total. The van der Waals surface area contributed by atoms with Crippen molar-refractivity contribution in [2.75, 3.05) is 13.2 Å². The van der Waals surface area contributed by atoms with Crippen LogP contribution in [0.3, 0.4) is 0 Å². The van der Waals surface area contributed by atoms with Gasteiger partial charge in [0.25, 0.3) is 0 Å². The quantitative estimate of drug-likeness (QED) is 0.316. The van der Waals surface area contributed by atoms with Crippen molar-refractivity contribution in [3.8, 4) is 11.5 Å². The third-order valence-electron chi connectivity index (χ3n) is 3.46. The van der Waals surface area contributed by atoms with Crippen LogP contribution < -0.4 is 4.74 Å². The Morgan fingerprint density at radius 3 is 2.09 bits per heavy atom. The molecule has 0 aliphatic rings. The molecule has 0 saturated heterocycles. The molecule has 2 rings (SSSR count). The summed E-state index contributed by atoms with van der Waals surface area (Å²) in [7, 11) is 0. The van der Waals surface area contributed by atoms with Crippen LogP contribution in [-0.2, 0) is 15.3 Å². The number of halogens is 1. The number of hydrogen-bond acceptors (Lipinski definition) is 3. The molecule has 0 amide bonds. The summed E-state index contributed by atoms with van der Waals surface area (Å²) in [5.41, 5.74) is 0.969. The summed E-state index contributed by atoms with van der Waals surface area (Å²) in [4.78, 5) is 0. The van der Waals surface area contributed by atoms with Crippen LogP contribution in [-0.4, -0.2) is 17.1 Å². The van der Waals surface area contributed by atoms with E-state index in [1.165, 1.54) is 0 Å². The van der Waals surface area contributed by atoms with Crippen LogP contribution in [0.1, 0.15) is 26.3 Å². The lowest BCUT2D eigenvalue weighted by molar-refractivity contribution is -0.237. The second-order valence-electron chi connectivity index (χ2n) is 5.09. The molecule has 0 radical (unpaired) electrons. The van der Waals surface area contributed by atoms with Crippen molar-refractivity contribution in [1.82, 2.24) is 0 Å². The van der Waals surface area contributed by atoms with Gasteiger partial charge in [-0.1, -0.05) is 52.9 Å². The van der Waals surface area contributed by atoms with Gasteiger partial charge < -0.3 is 14.2 Å². The van der Waals surface area contributed by atoms with E-state index in [0.717, 1.165) is 17.1 Å². The van der Waals surface area contributed by atoms with Crippen molar-refractivity contribution in [2.45, 2.75) is 30.5 Å². The van der Waals surface area contributed by atoms with Gasteiger partial charge in [-0.2, -0.15) is 0 Å². The largest absolute Gasteiger partial charge is 0.457 e. The molecule has 0 aromatic heterocycles. The van der Waals surface area contributed by atoms with Crippen molar-refractivity contribution in [3.63, 3.8) is 0 Å². The molecule has 2 aromatic rings. The van der Waals surface area contributed by atoms with Gasteiger partial charge in [-0.3, -0.25) is 0 Å². The van der Waals surface area contributed by atoms with Crippen molar-refractivity contribution in [3.05, 3.63) is 60.2 Å². The molecular weight excluding hydrogens is 403 g/mol. The van der Waals surface area contributed by atoms with Gasteiger partial charge in [0, 0.05) is 18.8 Å². The highest BCUT2D eigenvalue weighted by atomic mass is 127. The molecule has 1 atom stereocenters.